The normalized spacial score (nSPS) is 13.0. The lowest BCUT2D eigenvalue weighted by molar-refractivity contribution is -0.132. The van der Waals surface area contributed by atoms with Crippen LogP contribution in [0.2, 0.25) is 0 Å². The fourth-order valence-corrected chi connectivity index (χ4v) is 7.67. The van der Waals surface area contributed by atoms with Crippen LogP contribution in [-0.2, 0) is 41.8 Å². The van der Waals surface area contributed by atoms with E-state index in [1.54, 1.807) is 60.7 Å². The molecule has 0 aliphatic heterocycles. The van der Waals surface area contributed by atoms with Gasteiger partial charge in [0.05, 0.1) is 35.3 Å². The first-order chi connectivity index (χ1) is 35.9. The molecule has 0 saturated carbocycles. The Morgan fingerprint density at radius 1 is 0.405 bits per heavy atom. The predicted octanol–water partition coefficient (Wildman–Crippen LogP) is 11.1. The Hall–Kier alpha value is -8.26. The summed E-state index contributed by atoms with van der Waals surface area (Å²) in [5, 5.41) is 11.4. The van der Waals surface area contributed by atoms with E-state index in [4.69, 9.17) is 18.9 Å². The maximum Gasteiger partial charge on any atom is 0.407 e. The molecule has 0 radical (unpaired) electrons. The summed E-state index contributed by atoms with van der Waals surface area (Å²) in [7, 11) is 0. The number of alkyl carbamates (subject to hydrolysis) is 2. The highest BCUT2D eigenvalue weighted by Gasteiger charge is 2.36. The fourth-order valence-electron chi connectivity index (χ4n) is 7.67. The van der Waals surface area contributed by atoms with E-state index in [0.717, 1.165) is 35.1 Å². The molecule has 0 heterocycles. The van der Waals surface area contributed by atoms with Gasteiger partial charge in [-0.15, -0.1) is 0 Å². The summed E-state index contributed by atoms with van der Waals surface area (Å²) in [5.41, 5.74) is 4.12. The Labute approximate surface area is 434 Å². The van der Waals surface area contributed by atoms with Crippen molar-refractivity contribution >= 4 is 35.9 Å². The molecule has 6 rings (SSSR count). The molecule has 0 spiro atoms. The molecule has 14 nitrogen and oxygen atoms in total. The Morgan fingerprint density at radius 2 is 0.703 bits per heavy atom. The third kappa shape index (κ3) is 19.4. The van der Waals surface area contributed by atoms with E-state index in [9.17, 15) is 28.8 Å². The number of esters is 2. The first kappa shape index (κ1) is 56.7. The summed E-state index contributed by atoms with van der Waals surface area (Å²) >= 11 is 0. The summed E-state index contributed by atoms with van der Waals surface area (Å²) in [6, 6.07) is 52.3. The van der Waals surface area contributed by atoms with Crippen molar-refractivity contribution < 1.29 is 47.7 Å². The lowest BCUT2D eigenvalue weighted by Gasteiger charge is -2.28. The molecular weight excluding hydrogens is 937 g/mol. The summed E-state index contributed by atoms with van der Waals surface area (Å²) < 4.78 is 22.2. The minimum atomic E-state index is -1.25. The number of ether oxygens (including phenoxy) is 4. The Bertz CT molecular complexity index is 2430. The SMILES string of the molecule is CCCC[C@H](NC(=O)OCc1ccccc1)[C@@H](OC(=O)c1ccccc1)C(=O)N[C@H](C)c1ccccc1.CCCC[C@H](NC(=O)OCc1ccccc1)[C@H](OC(=O)c1ccccc1)C(=O)N[C@H](C)c1ccccc1. The molecule has 0 fully saturated rings. The van der Waals surface area contributed by atoms with Gasteiger partial charge in [0, 0.05) is 0 Å². The van der Waals surface area contributed by atoms with Crippen LogP contribution in [0.15, 0.2) is 182 Å². The van der Waals surface area contributed by atoms with Gasteiger partial charge in [0.2, 0.25) is 12.2 Å². The molecule has 0 aliphatic carbocycles. The van der Waals surface area contributed by atoms with Crippen molar-refractivity contribution in [1.82, 2.24) is 21.3 Å². The van der Waals surface area contributed by atoms with Crippen LogP contribution in [0.1, 0.15) is 121 Å². The highest BCUT2D eigenvalue weighted by Crippen LogP contribution is 2.19. The van der Waals surface area contributed by atoms with Crippen LogP contribution in [0.5, 0.6) is 0 Å². The van der Waals surface area contributed by atoms with Gasteiger partial charge in [-0.1, -0.05) is 197 Å². The second kappa shape index (κ2) is 31.3. The molecule has 0 bridgehead atoms. The van der Waals surface area contributed by atoms with E-state index in [0.29, 0.717) is 36.8 Å². The van der Waals surface area contributed by atoms with Crippen LogP contribution < -0.4 is 21.3 Å². The number of hydrogen-bond donors (Lipinski definition) is 4. The van der Waals surface area contributed by atoms with Crippen LogP contribution in [-0.4, -0.2) is 60.2 Å². The van der Waals surface area contributed by atoms with E-state index >= 15 is 0 Å². The van der Waals surface area contributed by atoms with Crippen molar-refractivity contribution in [3.8, 4) is 0 Å². The largest absolute Gasteiger partial charge is 0.446 e. The number of rotatable bonds is 24. The van der Waals surface area contributed by atoms with Crippen LogP contribution >= 0.6 is 0 Å². The number of carbonyl (C=O) groups is 6. The third-order valence-electron chi connectivity index (χ3n) is 11.8. The van der Waals surface area contributed by atoms with Crippen molar-refractivity contribution in [3.05, 3.63) is 215 Å². The molecule has 0 saturated heterocycles. The van der Waals surface area contributed by atoms with E-state index in [1.807, 2.05) is 149 Å². The number of unbranched alkanes of at least 4 members (excludes halogenated alkanes) is 2. The first-order valence-corrected chi connectivity index (χ1v) is 25.1. The van der Waals surface area contributed by atoms with Gasteiger partial charge in [-0.2, -0.15) is 0 Å². The van der Waals surface area contributed by atoms with Gasteiger partial charge in [0.1, 0.15) is 13.2 Å². The van der Waals surface area contributed by atoms with Gasteiger partial charge < -0.3 is 40.2 Å². The van der Waals surface area contributed by atoms with Gasteiger partial charge in [-0.3, -0.25) is 9.59 Å². The standard InChI is InChI=1S/2C30H34N2O5/c2*1-3-4-20-26(32-30(35)36-21-23-14-8-5-9-15-23)27(37-29(34)25-18-12-7-13-19-25)28(33)31-22(2)24-16-10-6-11-17-24/h2*5-19,22,26-27H,3-4,20-21H2,1-2H3,(H,31,33)(H,32,35)/t22-,26+,27+;22-,26+,27-/m11/s1. The zero-order valence-corrected chi connectivity index (χ0v) is 42.5. The highest BCUT2D eigenvalue weighted by atomic mass is 16.6. The quantitative estimate of drug-likeness (QED) is 0.0336. The lowest BCUT2D eigenvalue weighted by Crippen LogP contribution is -2.53. The van der Waals surface area contributed by atoms with Crippen molar-refractivity contribution in [2.75, 3.05) is 0 Å². The summed E-state index contributed by atoms with van der Waals surface area (Å²) in [4.78, 5) is 78.3. The molecular formula is C60H68N4O10. The third-order valence-corrected chi connectivity index (χ3v) is 11.8. The Morgan fingerprint density at radius 3 is 1.01 bits per heavy atom. The molecule has 4 amide bonds. The molecule has 74 heavy (non-hydrogen) atoms. The summed E-state index contributed by atoms with van der Waals surface area (Å²) in [5.74, 6) is -2.28. The van der Waals surface area contributed by atoms with E-state index in [2.05, 4.69) is 21.3 Å². The highest BCUT2D eigenvalue weighted by molar-refractivity contribution is 5.93. The van der Waals surface area contributed by atoms with Gasteiger partial charge in [0.15, 0.2) is 0 Å². The fraction of sp³-hybridized carbons (Fsp3) is 0.300. The number of benzene rings is 6. The molecule has 0 aliphatic rings. The van der Waals surface area contributed by atoms with E-state index < -0.39 is 60.2 Å². The maximum absolute atomic E-state index is 13.5. The van der Waals surface area contributed by atoms with Crippen molar-refractivity contribution in [2.24, 2.45) is 0 Å². The number of carbonyl (C=O) groups excluding carboxylic acids is 6. The number of nitrogens with one attached hydrogen (secondary N) is 4. The molecule has 388 valence electrons. The lowest BCUT2D eigenvalue weighted by atomic mass is 10.0. The molecule has 6 aromatic rings. The average Bonchev–Trinajstić information content (AvgIpc) is 3.44. The second-order valence-corrected chi connectivity index (χ2v) is 17.6. The molecule has 4 N–H and O–H groups in total. The van der Waals surface area contributed by atoms with Crippen LogP contribution in [0.3, 0.4) is 0 Å². The van der Waals surface area contributed by atoms with Gasteiger partial charge in [-0.25, -0.2) is 19.2 Å². The average molecular weight is 1010 g/mol. The maximum atomic E-state index is 13.5. The minimum absolute atomic E-state index is 0.0822. The molecule has 14 heteroatoms. The molecule has 0 aromatic heterocycles. The van der Waals surface area contributed by atoms with Crippen molar-refractivity contribution in [3.63, 3.8) is 0 Å². The summed E-state index contributed by atoms with van der Waals surface area (Å²) in [6.45, 7) is 7.89. The monoisotopic (exact) mass is 1000 g/mol. The molecule has 0 unspecified atom stereocenters. The van der Waals surface area contributed by atoms with Crippen molar-refractivity contribution in [2.45, 2.75) is 116 Å². The van der Waals surface area contributed by atoms with Gasteiger partial charge in [-0.05, 0) is 73.2 Å². The van der Waals surface area contributed by atoms with Crippen molar-refractivity contribution in [1.29, 1.82) is 0 Å². The predicted molar refractivity (Wildman–Crippen MR) is 283 cm³/mol. The number of hydrogen-bond acceptors (Lipinski definition) is 10. The Kier molecular flexibility index (Phi) is 23.9. The minimum Gasteiger partial charge on any atom is -0.446 e. The zero-order valence-electron chi connectivity index (χ0n) is 42.5. The van der Waals surface area contributed by atoms with E-state index in [1.165, 1.54) is 0 Å². The van der Waals surface area contributed by atoms with Gasteiger partial charge >= 0.3 is 24.1 Å². The zero-order chi connectivity index (χ0) is 52.9. The smallest absolute Gasteiger partial charge is 0.407 e. The van der Waals surface area contributed by atoms with Gasteiger partial charge in [0.25, 0.3) is 11.8 Å². The Balaban J connectivity index is 0.000000274. The topological polar surface area (TPSA) is 187 Å². The first-order valence-electron chi connectivity index (χ1n) is 25.1. The number of amides is 4. The molecule has 6 aromatic carbocycles. The van der Waals surface area contributed by atoms with E-state index in [-0.39, 0.29) is 25.3 Å². The summed E-state index contributed by atoms with van der Waals surface area (Å²) in [6.07, 6.45) is 0.0635. The second-order valence-electron chi connectivity index (χ2n) is 17.6. The molecule has 6 atom stereocenters. The van der Waals surface area contributed by atoms with Crippen LogP contribution in [0, 0.1) is 0 Å². The van der Waals surface area contributed by atoms with Crippen LogP contribution in [0.25, 0.3) is 0 Å². The van der Waals surface area contributed by atoms with Crippen LogP contribution in [0.4, 0.5) is 9.59 Å².